The summed E-state index contributed by atoms with van der Waals surface area (Å²) < 4.78 is 19.9. The standard InChI is InChI=1S/C16H16FN3O3S/c17-11-1-3-14(4-2-11)23-10-13(21)8-18-15(22)7-12-9-20-5-6-24-16(20)19-12/h1-6,9,13,21H,7-8,10H2,(H,18,22). The normalized spacial score (nSPS) is 12.2. The van der Waals surface area contributed by atoms with Gasteiger partial charge in [0.25, 0.3) is 0 Å². The first-order valence-electron chi connectivity index (χ1n) is 7.34. The minimum atomic E-state index is -0.857. The van der Waals surface area contributed by atoms with Gasteiger partial charge in [-0.25, -0.2) is 9.37 Å². The molecule has 24 heavy (non-hydrogen) atoms. The Morgan fingerprint density at radius 3 is 2.96 bits per heavy atom. The molecule has 3 rings (SSSR count). The number of aliphatic hydroxyl groups excluding tert-OH is 1. The van der Waals surface area contributed by atoms with E-state index < -0.39 is 6.10 Å². The number of hydrogen-bond donors (Lipinski definition) is 2. The molecule has 0 spiro atoms. The van der Waals surface area contributed by atoms with Gasteiger partial charge in [-0.3, -0.25) is 9.20 Å². The van der Waals surface area contributed by atoms with Gasteiger partial charge >= 0.3 is 0 Å². The Kier molecular flexibility index (Phi) is 5.07. The van der Waals surface area contributed by atoms with Crippen molar-refractivity contribution in [2.24, 2.45) is 0 Å². The maximum atomic E-state index is 12.8. The largest absolute Gasteiger partial charge is 0.491 e. The first kappa shape index (κ1) is 16.4. The predicted octanol–water partition coefficient (Wildman–Crippen LogP) is 1.63. The summed E-state index contributed by atoms with van der Waals surface area (Å²) in [6, 6.07) is 5.51. The lowest BCUT2D eigenvalue weighted by atomic mass is 10.3. The third-order valence-electron chi connectivity index (χ3n) is 3.28. The average Bonchev–Trinajstić information content (AvgIpc) is 3.13. The van der Waals surface area contributed by atoms with Crippen molar-refractivity contribution in [1.82, 2.24) is 14.7 Å². The monoisotopic (exact) mass is 349 g/mol. The van der Waals surface area contributed by atoms with Gasteiger partial charge in [0, 0.05) is 24.3 Å². The van der Waals surface area contributed by atoms with Crippen LogP contribution in [0.15, 0.2) is 42.0 Å². The summed E-state index contributed by atoms with van der Waals surface area (Å²) in [4.78, 5) is 17.0. The van der Waals surface area contributed by atoms with Crippen molar-refractivity contribution in [3.8, 4) is 5.75 Å². The Bertz CT molecular complexity index is 787. The number of rotatable bonds is 7. The molecule has 0 bridgehead atoms. The molecule has 0 aliphatic carbocycles. The summed E-state index contributed by atoms with van der Waals surface area (Å²) in [6.07, 6.45) is 2.98. The van der Waals surface area contributed by atoms with Gasteiger partial charge in [-0.2, -0.15) is 0 Å². The molecule has 1 aromatic carbocycles. The smallest absolute Gasteiger partial charge is 0.226 e. The Balaban J connectivity index is 1.40. The molecule has 2 heterocycles. The number of amides is 1. The molecular weight excluding hydrogens is 333 g/mol. The number of fused-ring (bicyclic) bond motifs is 1. The number of nitrogens with one attached hydrogen (secondary N) is 1. The summed E-state index contributed by atoms with van der Waals surface area (Å²) in [7, 11) is 0. The van der Waals surface area contributed by atoms with Crippen LogP contribution in [0.3, 0.4) is 0 Å². The minimum Gasteiger partial charge on any atom is -0.491 e. The number of halogens is 1. The number of carbonyl (C=O) groups excluding carboxylic acids is 1. The number of ether oxygens (including phenoxy) is 1. The molecule has 0 aliphatic heterocycles. The summed E-state index contributed by atoms with van der Waals surface area (Å²) in [6.45, 7) is 0.0777. The molecule has 0 radical (unpaired) electrons. The van der Waals surface area contributed by atoms with Crippen LogP contribution in [0.2, 0.25) is 0 Å². The summed E-state index contributed by atoms with van der Waals surface area (Å²) in [5.74, 6) is -0.115. The Morgan fingerprint density at radius 2 is 2.21 bits per heavy atom. The Hall–Kier alpha value is -2.45. The first-order valence-corrected chi connectivity index (χ1v) is 8.22. The summed E-state index contributed by atoms with van der Waals surface area (Å²) in [5, 5.41) is 14.4. The zero-order chi connectivity index (χ0) is 16.9. The molecule has 1 atom stereocenters. The topological polar surface area (TPSA) is 75.9 Å². The third kappa shape index (κ3) is 4.30. The van der Waals surface area contributed by atoms with E-state index in [1.54, 1.807) is 6.20 Å². The van der Waals surface area contributed by atoms with Crippen molar-refractivity contribution in [2.45, 2.75) is 12.5 Å². The summed E-state index contributed by atoms with van der Waals surface area (Å²) >= 11 is 1.50. The lowest BCUT2D eigenvalue weighted by Crippen LogP contribution is -2.36. The quantitative estimate of drug-likeness (QED) is 0.680. The molecule has 126 valence electrons. The number of aromatic nitrogens is 2. The van der Waals surface area contributed by atoms with Gasteiger partial charge in [0.15, 0.2) is 4.96 Å². The second kappa shape index (κ2) is 7.41. The van der Waals surface area contributed by atoms with Gasteiger partial charge in [-0.1, -0.05) is 0 Å². The van der Waals surface area contributed by atoms with Crippen molar-refractivity contribution in [3.63, 3.8) is 0 Å². The number of aliphatic hydroxyl groups is 1. The van der Waals surface area contributed by atoms with Crippen LogP contribution in [0.4, 0.5) is 4.39 Å². The van der Waals surface area contributed by atoms with Crippen molar-refractivity contribution in [1.29, 1.82) is 0 Å². The number of thiazole rings is 1. The molecule has 0 saturated heterocycles. The lowest BCUT2D eigenvalue weighted by molar-refractivity contribution is -0.121. The highest BCUT2D eigenvalue weighted by molar-refractivity contribution is 7.15. The van der Waals surface area contributed by atoms with E-state index in [2.05, 4.69) is 10.3 Å². The molecule has 6 nitrogen and oxygen atoms in total. The van der Waals surface area contributed by atoms with Crippen LogP contribution in [0.5, 0.6) is 5.75 Å². The highest BCUT2D eigenvalue weighted by Gasteiger charge is 2.11. The van der Waals surface area contributed by atoms with Gasteiger partial charge in [-0.05, 0) is 24.3 Å². The third-order valence-corrected chi connectivity index (χ3v) is 4.05. The highest BCUT2D eigenvalue weighted by atomic mass is 32.1. The molecule has 8 heteroatoms. The molecule has 1 unspecified atom stereocenters. The molecule has 0 saturated carbocycles. The Labute approximate surface area is 141 Å². The molecule has 2 aromatic heterocycles. The van der Waals surface area contributed by atoms with E-state index in [9.17, 15) is 14.3 Å². The van der Waals surface area contributed by atoms with Crippen LogP contribution in [0.25, 0.3) is 4.96 Å². The number of nitrogens with zero attached hydrogens (tertiary/aromatic N) is 2. The first-order chi connectivity index (χ1) is 11.6. The SMILES string of the molecule is O=C(Cc1cn2ccsc2n1)NCC(O)COc1ccc(F)cc1. The van der Waals surface area contributed by atoms with Crippen molar-refractivity contribution in [2.75, 3.05) is 13.2 Å². The van der Waals surface area contributed by atoms with E-state index in [0.29, 0.717) is 11.4 Å². The zero-order valence-electron chi connectivity index (χ0n) is 12.7. The number of hydrogen-bond acceptors (Lipinski definition) is 5. The zero-order valence-corrected chi connectivity index (χ0v) is 13.5. The van der Waals surface area contributed by atoms with Crippen LogP contribution in [-0.2, 0) is 11.2 Å². The number of benzene rings is 1. The van der Waals surface area contributed by atoms with Crippen LogP contribution < -0.4 is 10.1 Å². The van der Waals surface area contributed by atoms with Crippen LogP contribution in [0.1, 0.15) is 5.69 Å². The van der Waals surface area contributed by atoms with E-state index in [-0.39, 0.29) is 31.3 Å². The molecular formula is C16H16FN3O3S. The van der Waals surface area contributed by atoms with Gasteiger partial charge in [-0.15, -0.1) is 11.3 Å². The van der Waals surface area contributed by atoms with Gasteiger partial charge in [0.1, 0.15) is 24.3 Å². The molecule has 3 aromatic rings. The second-order valence-electron chi connectivity index (χ2n) is 5.22. The van der Waals surface area contributed by atoms with E-state index in [0.717, 1.165) is 4.96 Å². The fourth-order valence-corrected chi connectivity index (χ4v) is 2.82. The predicted molar refractivity (Wildman–Crippen MR) is 87.7 cm³/mol. The molecule has 1 amide bonds. The van der Waals surface area contributed by atoms with Crippen molar-refractivity contribution in [3.05, 3.63) is 53.6 Å². The fourth-order valence-electron chi connectivity index (χ4n) is 2.10. The van der Waals surface area contributed by atoms with Gasteiger partial charge < -0.3 is 15.2 Å². The van der Waals surface area contributed by atoms with Crippen LogP contribution in [0, 0.1) is 5.82 Å². The molecule has 0 aliphatic rings. The lowest BCUT2D eigenvalue weighted by Gasteiger charge is -2.13. The fraction of sp³-hybridized carbons (Fsp3) is 0.250. The number of imidazole rings is 1. The summed E-state index contributed by atoms with van der Waals surface area (Å²) in [5.41, 5.74) is 0.677. The van der Waals surface area contributed by atoms with Crippen LogP contribution >= 0.6 is 11.3 Å². The minimum absolute atomic E-state index is 0.00607. The van der Waals surface area contributed by atoms with Crippen molar-refractivity contribution < 1.29 is 19.0 Å². The van der Waals surface area contributed by atoms with E-state index in [1.165, 1.54) is 35.6 Å². The van der Waals surface area contributed by atoms with E-state index in [1.807, 2.05) is 16.0 Å². The Morgan fingerprint density at radius 1 is 1.42 bits per heavy atom. The van der Waals surface area contributed by atoms with Gasteiger partial charge in [0.2, 0.25) is 5.91 Å². The highest BCUT2D eigenvalue weighted by Crippen LogP contribution is 2.12. The van der Waals surface area contributed by atoms with E-state index >= 15 is 0 Å². The average molecular weight is 349 g/mol. The van der Waals surface area contributed by atoms with Crippen LogP contribution in [-0.4, -0.2) is 39.7 Å². The maximum Gasteiger partial charge on any atom is 0.226 e. The van der Waals surface area contributed by atoms with Gasteiger partial charge in [0.05, 0.1) is 12.1 Å². The van der Waals surface area contributed by atoms with E-state index in [4.69, 9.17) is 4.74 Å². The molecule has 0 fully saturated rings. The number of carbonyl (C=O) groups is 1. The second-order valence-corrected chi connectivity index (χ2v) is 6.10. The maximum absolute atomic E-state index is 12.8. The van der Waals surface area contributed by atoms with Crippen molar-refractivity contribution >= 4 is 22.2 Å². The molecule has 2 N–H and O–H groups in total.